The Kier molecular flexibility index (Phi) is 5.33. The third-order valence-electron chi connectivity index (χ3n) is 5.76. The molecule has 1 aliphatic rings. The summed E-state index contributed by atoms with van der Waals surface area (Å²) in [5.41, 5.74) is 5.17. The highest BCUT2D eigenvalue weighted by Gasteiger charge is 2.42. The van der Waals surface area contributed by atoms with Gasteiger partial charge in [-0.2, -0.15) is 0 Å². The minimum Gasteiger partial charge on any atom is -0.497 e. The Bertz CT molecular complexity index is 1220. The van der Waals surface area contributed by atoms with Gasteiger partial charge in [0.15, 0.2) is 5.11 Å². The molecule has 1 saturated heterocycles. The molecule has 7 heteroatoms. The van der Waals surface area contributed by atoms with E-state index in [1.807, 2.05) is 60.9 Å². The first-order valence-corrected chi connectivity index (χ1v) is 10.8. The van der Waals surface area contributed by atoms with Crippen molar-refractivity contribution >= 4 is 23.0 Å². The molecule has 1 fully saturated rings. The van der Waals surface area contributed by atoms with Crippen LogP contribution in [0.1, 0.15) is 29.2 Å². The third-order valence-corrected chi connectivity index (χ3v) is 6.08. The lowest BCUT2D eigenvalue weighted by Gasteiger charge is -2.29. The number of hydrogen-bond acceptors (Lipinski definition) is 4. The first-order valence-electron chi connectivity index (χ1n) is 10.4. The molecule has 0 saturated carbocycles. The second-order valence-electron chi connectivity index (χ2n) is 7.64. The first-order chi connectivity index (χ1) is 15.7. The van der Waals surface area contributed by atoms with Gasteiger partial charge in [-0.3, -0.25) is 9.97 Å². The highest BCUT2D eigenvalue weighted by Crippen LogP contribution is 2.42. The molecule has 0 spiro atoms. The molecular weight excluding hydrogens is 418 g/mol. The predicted molar refractivity (Wildman–Crippen MR) is 129 cm³/mol. The quantitative estimate of drug-likeness (QED) is 0.451. The molecule has 1 N–H and O–H groups in total. The molecule has 0 aliphatic carbocycles. The zero-order chi connectivity index (χ0) is 22.1. The van der Waals surface area contributed by atoms with Gasteiger partial charge < -0.3 is 19.5 Å². The molecule has 5 rings (SSSR count). The van der Waals surface area contributed by atoms with Gasteiger partial charge in [0.05, 0.1) is 30.7 Å². The van der Waals surface area contributed by atoms with Crippen LogP contribution >= 0.6 is 12.2 Å². The Hall–Kier alpha value is -3.71. The van der Waals surface area contributed by atoms with Crippen molar-refractivity contribution in [3.63, 3.8) is 0 Å². The average molecular weight is 442 g/mol. The number of ether oxygens (including phenoxy) is 1. The van der Waals surface area contributed by atoms with Crippen molar-refractivity contribution in [1.29, 1.82) is 0 Å². The smallest absolute Gasteiger partial charge is 0.174 e. The standard InChI is InChI=1S/C25H23N5OS/c1-17-8-13-22(29(17)19-6-5-14-26-16-19)24-23(21-7-3-4-15-27-21)28-25(32)30(24)18-9-11-20(31-2)12-10-18/h3-16,23-24H,1-2H3,(H,28,32)/t23-,24+/m0/s1. The topological polar surface area (TPSA) is 55.2 Å². The van der Waals surface area contributed by atoms with Crippen LogP contribution in [0.3, 0.4) is 0 Å². The van der Waals surface area contributed by atoms with Crippen LogP contribution in [0.2, 0.25) is 0 Å². The lowest BCUT2D eigenvalue weighted by atomic mass is 10.0. The number of pyridine rings is 2. The highest BCUT2D eigenvalue weighted by molar-refractivity contribution is 7.80. The Morgan fingerprint density at radius 1 is 0.938 bits per heavy atom. The van der Waals surface area contributed by atoms with Gasteiger partial charge in [-0.15, -0.1) is 0 Å². The van der Waals surface area contributed by atoms with E-state index >= 15 is 0 Å². The fourth-order valence-corrected chi connectivity index (χ4v) is 4.65. The molecule has 160 valence electrons. The minimum absolute atomic E-state index is 0.111. The number of hydrogen-bond donors (Lipinski definition) is 1. The van der Waals surface area contributed by atoms with Gasteiger partial charge in [0.25, 0.3) is 0 Å². The van der Waals surface area contributed by atoms with Crippen LogP contribution in [0.4, 0.5) is 5.69 Å². The SMILES string of the molecule is COc1ccc(N2C(=S)N[C@@H](c3ccccn3)[C@H]2c2ccc(C)n2-c2cccnc2)cc1. The molecule has 1 aromatic carbocycles. The molecule has 3 aromatic heterocycles. The third kappa shape index (κ3) is 3.50. The summed E-state index contributed by atoms with van der Waals surface area (Å²) < 4.78 is 7.59. The van der Waals surface area contributed by atoms with Crippen LogP contribution in [-0.2, 0) is 0 Å². The average Bonchev–Trinajstić information content (AvgIpc) is 3.39. The van der Waals surface area contributed by atoms with Crippen molar-refractivity contribution in [3.05, 3.63) is 102 Å². The Morgan fingerprint density at radius 2 is 1.78 bits per heavy atom. The largest absolute Gasteiger partial charge is 0.497 e. The molecule has 4 aromatic rings. The number of nitrogens with one attached hydrogen (secondary N) is 1. The summed E-state index contributed by atoms with van der Waals surface area (Å²) in [5.74, 6) is 0.805. The second-order valence-corrected chi connectivity index (χ2v) is 8.03. The first kappa shape index (κ1) is 20.2. The molecule has 6 nitrogen and oxygen atoms in total. The van der Waals surface area contributed by atoms with Crippen LogP contribution in [-0.4, -0.2) is 26.8 Å². The van der Waals surface area contributed by atoms with E-state index in [1.165, 1.54) is 0 Å². The zero-order valence-electron chi connectivity index (χ0n) is 17.8. The Morgan fingerprint density at radius 3 is 2.47 bits per heavy atom. The van der Waals surface area contributed by atoms with Crippen LogP contribution in [0, 0.1) is 6.92 Å². The maximum atomic E-state index is 5.84. The molecule has 0 amide bonds. The summed E-state index contributed by atoms with van der Waals surface area (Å²) in [6, 6.07) is 22.0. The number of thiocarbonyl (C=S) groups is 1. The van der Waals surface area contributed by atoms with Crippen LogP contribution in [0.5, 0.6) is 5.75 Å². The monoisotopic (exact) mass is 441 g/mol. The van der Waals surface area contributed by atoms with Gasteiger partial charge in [-0.1, -0.05) is 6.07 Å². The summed E-state index contributed by atoms with van der Waals surface area (Å²) in [4.78, 5) is 11.1. The van der Waals surface area contributed by atoms with Gasteiger partial charge in [-0.25, -0.2) is 0 Å². The summed E-state index contributed by atoms with van der Waals surface area (Å²) in [6.45, 7) is 2.10. The van der Waals surface area contributed by atoms with E-state index in [4.69, 9.17) is 17.0 Å². The molecule has 2 atom stereocenters. The normalized spacial score (nSPS) is 17.9. The second kappa shape index (κ2) is 8.43. The highest BCUT2D eigenvalue weighted by atomic mass is 32.1. The fraction of sp³-hybridized carbons (Fsp3) is 0.160. The van der Waals surface area contributed by atoms with E-state index in [2.05, 4.69) is 49.9 Å². The van der Waals surface area contributed by atoms with Crippen molar-refractivity contribution in [2.75, 3.05) is 12.0 Å². The van der Waals surface area contributed by atoms with Crippen LogP contribution in [0.25, 0.3) is 5.69 Å². The van der Waals surface area contributed by atoms with E-state index in [1.54, 1.807) is 13.3 Å². The number of rotatable bonds is 5. The van der Waals surface area contributed by atoms with Gasteiger partial charge in [0, 0.05) is 29.5 Å². The molecule has 32 heavy (non-hydrogen) atoms. The number of nitrogens with zero attached hydrogens (tertiary/aromatic N) is 4. The predicted octanol–water partition coefficient (Wildman–Crippen LogP) is 4.76. The molecule has 0 bridgehead atoms. The van der Waals surface area contributed by atoms with Crippen molar-refractivity contribution in [2.24, 2.45) is 0 Å². The maximum Gasteiger partial charge on any atom is 0.174 e. The van der Waals surface area contributed by atoms with E-state index in [0.717, 1.165) is 34.2 Å². The van der Waals surface area contributed by atoms with E-state index in [0.29, 0.717) is 5.11 Å². The number of methoxy groups -OCH3 is 1. The summed E-state index contributed by atoms with van der Waals surface area (Å²) in [7, 11) is 1.67. The van der Waals surface area contributed by atoms with Gasteiger partial charge in [0.1, 0.15) is 11.8 Å². The van der Waals surface area contributed by atoms with Crippen molar-refractivity contribution in [2.45, 2.75) is 19.0 Å². The summed E-state index contributed by atoms with van der Waals surface area (Å²) in [6.07, 6.45) is 5.48. The summed E-state index contributed by atoms with van der Waals surface area (Å²) >= 11 is 5.84. The van der Waals surface area contributed by atoms with Crippen molar-refractivity contribution in [1.82, 2.24) is 19.9 Å². The molecular formula is C25H23N5OS. The van der Waals surface area contributed by atoms with Crippen LogP contribution < -0.4 is 15.0 Å². The van der Waals surface area contributed by atoms with Gasteiger partial charge in [-0.05, 0) is 79.8 Å². The molecule has 4 heterocycles. The Balaban J connectivity index is 1.68. The van der Waals surface area contributed by atoms with E-state index < -0.39 is 0 Å². The van der Waals surface area contributed by atoms with Crippen LogP contribution in [0.15, 0.2) is 85.3 Å². The lowest BCUT2D eigenvalue weighted by molar-refractivity contribution is 0.415. The molecule has 1 aliphatic heterocycles. The minimum atomic E-state index is -0.115. The number of aryl methyl sites for hydroxylation is 1. The number of benzene rings is 1. The molecule has 0 unspecified atom stereocenters. The van der Waals surface area contributed by atoms with E-state index in [-0.39, 0.29) is 12.1 Å². The number of anilines is 1. The van der Waals surface area contributed by atoms with Crippen molar-refractivity contribution < 1.29 is 4.74 Å². The van der Waals surface area contributed by atoms with Gasteiger partial charge in [0.2, 0.25) is 0 Å². The van der Waals surface area contributed by atoms with Crippen molar-refractivity contribution in [3.8, 4) is 11.4 Å². The van der Waals surface area contributed by atoms with Gasteiger partial charge >= 0.3 is 0 Å². The zero-order valence-corrected chi connectivity index (χ0v) is 18.7. The maximum absolute atomic E-state index is 5.84. The number of aromatic nitrogens is 3. The molecule has 0 radical (unpaired) electrons. The Labute approximate surface area is 192 Å². The lowest BCUT2D eigenvalue weighted by Crippen LogP contribution is -2.30. The fourth-order valence-electron chi connectivity index (χ4n) is 4.30. The van der Waals surface area contributed by atoms with E-state index in [9.17, 15) is 0 Å². The summed E-state index contributed by atoms with van der Waals surface area (Å²) in [5, 5.41) is 4.18.